The van der Waals surface area contributed by atoms with Gasteiger partial charge in [0.15, 0.2) is 5.69 Å². The number of aromatic nitrogens is 1. The third-order valence-corrected chi connectivity index (χ3v) is 3.19. The largest absolute Gasteiger partial charge is 0.475 e. The lowest BCUT2D eigenvalue weighted by Crippen LogP contribution is -1.99. The number of oxazole rings is 1. The number of benzene rings is 1. The Bertz CT molecular complexity index is 613. The highest BCUT2D eigenvalue weighted by Gasteiger charge is 2.27. The van der Waals surface area contributed by atoms with Crippen LogP contribution in [0.3, 0.4) is 0 Å². The highest BCUT2D eigenvalue weighted by Crippen LogP contribution is 2.33. The highest BCUT2D eigenvalue weighted by atomic mass is 32.2. The van der Waals surface area contributed by atoms with Crippen LogP contribution in [0, 0.1) is 0 Å². The van der Waals surface area contributed by atoms with Gasteiger partial charge in [0.05, 0.1) is 5.56 Å². The van der Waals surface area contributed by atoms with E-state index >= 15 is 0 Å². The predicted octanol–water partition coefficient (Wildman–Crippen LogP) is 3.70. The van der Waals surface area contributed by atoms with Crippen molar-refractivity contribution in [3.63, 3.8) is 0 Å². The molecule has 0 bridgehead atoms. The fourth-order valence-electron chi connectivity index (χ4n) is 1.57. The smallest absolute Gasteiger partial charge is 0.374 e. The van der Waals surface area contributed by atoms with E-state index in [0.29, 0.717) is 5.56 Å². The first-order valence-electron chi connectivity index (χ1n) is 5.20. The minimum Gasteiger partial charge on any atom is -0.475 e. The van der Waals surface area contributed by atoms with Gasteiger partial charge in [-0.05, 0) is 18.4 Å². The van der Waals surface area contributed by atoms with E-state index in [1.807, 2.05) is 6.26 Å². The molecule has 1 aromatic heterocycles. The second-order valence-corrected chi connectivity index (χ2v) is 4.39. The first-order chi connectivity index (χ1) is 9.04. The number of carboxylic acid groups (broad SMARTS) is 1. The van der Waals surface area contributed by atoms with E-state index in [1.165, 1.54) is 11.8 Å². The summed E-state index contributed by atoms with van der Waals surface area (Å²) in [4.78, 5) is 15.2. The van der Waals surface area contributed by atoms with Crippen molar-refractivity contribution in [2.75, 3.05) is 6.26 Å². The molecular weight excluding hydrogens is 276 g/mol. The van der Waals surface area contributed by atoms with Crippen LogP contribution in [0.5, 0.6) is 0 Å². The Kier molecular flexibility index (Phi) is 3.84. The van der Waals surface area contributed by atoms with Gasteiger partial charge in [0.25, 0.3) is 6.43 Å². The average molecular weight is 285 g/mol. The lowest BCUT2D eigenvalue weighted by Gasteiger charge is -2.01. The topological polar surface area (TPSA) is 63.3 Å². The molecule has 0 spiro atoms. The molecule has 0 aliphatic heterocycles. The standard InChI is InChI=1S/C12H9F2NO3S/c1-19-7-5-3-2-4-6(7)11-15-8(10(13)14)9(18-11)12(16)17/h2-5,10H,1H3,(H,16,17). The second-order valence-electron chi connectivity index (χ2n) is 3.54. The summed E-state index contributed by atoms with van der Waals surface area (Å²) in [5.74, 6) is -2.49. The fourth-order valence-corrected chi connectivity index (χ4v) is 2.16. The number of nitrogens with zero attached hydrogens (tertiary/aromatic N) is 1. The number of hydrogen-bond acceptors (Lipinski definition) is 4. The molecule has 0 amide bonds. The maximum Gasteiger partial charge on any atom is 0.374 e. The van der Waals surface area contributed by atoms with Crippen molar-refractivity contribution in [2.24, 2.45) is 0 Å². The molecule has 100 valence electrons. The summed E-state index contributed by atoms with van der Waals surface area (Å²) in [5.41, 5.74) is -0.359. The number of alkyl halides is 2. The normalized spacial score (nSPS) is 10.9. The van der Waals surface area contributed by atoms with Crippen molar-refractivity contribution in [1.29, 1.82) is 0 Å². The van der Waals surface area contributed by atoms with Crippen molar-refractivity contribution < 1.29 is 23.1 Å². The van der Waals surface area contributed by atoms with Crippen LogP contribution in [0.25, 0.3) is 11.5 Å². The molecule has 1 heterocycles. The minimum absolute atomic E-state index is 0.113. The minimum atomic E-state index is -3.00. The molecule has 0 atom stereocenters. The van der Waals surface area contributed by atoms with Gasteiger partial charge in [-0.2, -0.15) is 0 Å². The number of carboxylic acids is 1. The number of thioether (sulfide) groups is 1. The summed E-state index contributed by atoms with van der Waals surface area (Å²) in [6, 6.07) is 6.89. The zero-order valence-electron chi connectivity index (χ0n) is 9.76. The highest BCUT2D eigenvalue weighted by molar-refractivity contribution is 7.98. The molecule has 0 unspecified atom stereocenters. The zero-order valence-corrected chi connectivity index (χ0v) is 10.6. The maximum atomic E-state index is 12.7. The van der Waals surface area contributed by atoms with Gasteiger partial charge in [-0.3, -0.25) is 0 Å². The quantitative estimate of drug-likeness (QED) is 0.868. The van der Waals surface area contributed by atoms with Gasteiger partial charge >= 0.3 is 5.97 Å². The van der Waals surface area contributed by atoms with Crippen LogP contribution in [-0.4, -0.2) is 22.3 Å². The van der Waals surface area contributed by atoms with Crippen LogP contribution in [0.2, 0.25) is 0 Å². The Morgan fingerprint density at radius 2 is 2.11 bits per heavy atom. The predicted molar refractivity (Wildman–Crippen MR) is 65.6 cm³/mol. The second kappa shape index (κ2) is 5.40. The van der Waals surface area contributed by atoms with Crippen molar-refractivity contribution in [3.8, 4) is 11.5 Å². The Hall–Kier alpha value is -1.89. The molecule has 7 heteroatoms. The van der Waals surface area contributed by atoms with Crippen molar-refractivity contribution >= 4 is 17.7 Å². The van der Waals surface area contributed by atoms with Gasteiger partial charge in [-0.25, -0.2) is 18.6 Å². The van der Waals surface area contributed by atoms with Gasteiger partial charge in [0, 0.05) is 4.90 Å². The summed E-state index contributed by atoms with van der Waals surface area (Å²) in [7, 11) is 0. The fraction of sp³-hybridized carbons (Fsp3) is 0.167. The Morgan fingerprint density at radius 1 is 1.42 bits per heavy atom. The third kappa shape index (κ3) is 2.60. The molecule has 2 rings (SSSR count). The van der Waals surface area contributed by atoms with Gasteiger partial charge in [0.2, 0.25) is 11.7 Å². The average Bonchev–Trinajstić information content (AvgIpc) is 2.84. The molecule has 0 aliphatic rings. The van der Waals surface area contributed by atoms with Crippen LogP contribution in [0.4, 0.5) is 8.78 Å². The molecule has 0 fully saturated rings. The van der Waals surface area contributed by atoms with E-state index < -0.39 is 23.8 Å². The molecule has 19 heavy (non-hydrogen) atoms. The van der Waals surface area contributed by atoms with E-state index in [2.05, 4.69) is 4.98 Å². The van der Waals surface area contributed by atoms with Gasteiger partial charge in [-0.1, -0.05) is 12.1 Å². The van der Waals surface area contributed by atoms with Crippen molar-refractivity contribution in [2.45, 2.75) is 11.3 Å². The van der Waals surface area contributed by atoms with Gasteiger partial charge < -0.3 is 9.52 Å². The van der Waals surface area contributed by atoms with E-state index in [0.717, 1.165) is 4.90 Å². The number of carbonyl (C=O) groups is 1. The molecule has 0 radical (unpaired) electrons. The van der Waals surface area contributed by atoms with E-state index in [1.54, 1.807) is 24.3 Å². The third-order valence-electron chi connectivity index (χ3n) is 2.39. The summed E-state index contributed by atoms with van der Waals surface area (Å²) in [6.07, 6.45) is -1.18. The SMILES string of the molecule is CSc1ccccc1-c1nc(C(F)F)c(C(=O)O)o1. The molecule has 1 N–H and O–H groups in total. The summed E-state index contributed by atoms with van der Waals surface area (Å²) in [6.45, 7) is 0. The Balaban J connectivity index is 2.57. The van der Waals surface area contributed by atoms with Gasteiger partial charge in [-0.15, -0.1) is 11.8 Å². The molecule has 1 aromatic carbocycles. The van der Waals surface area contributed by atoms with Crippen molar-refractivity contribution in [3.05, 3.63) is 35.7 Å². The first kappa shape index (κ1) is 13.5. The number of rotatable bonds is 4. The monoisotopic (exact) mass is 285 g/mol. The molecule has 4 nitrogen and oxygen atoms in total. The van der Waals surface area contributed by atoms with Gasteiger partial charge in [0.1, 0.15) is 0 Å². The van der Waals surface area contributed by atoms with Crippen molar-refractivity contribution in [1.82, 2.24) is 4.98 Å². The van der Waals surface area contributed by atoms with E-state index in [4.69, 9.17) is 9.52 Å². The number of halogens is 2. The van der Waals surface area contributed by atoms with Crippen LogP contribution in [-0.2, 0) is 0 Å². The van der Waals surface area contributed by atoms with Crippen LogP contribution in [0.1, 0.15) is 22.7 Å². The Labute approximate surface area is 111 Å². The number of hydrogen-bond donors (Lipinski definition) is 1. The Morgan fingerprint density at radius 3 is 2.63 bits per heavy atom. The van der Waals surface area contributed by atoms with Crippen LogP contribution < -0.4 is 0 Å². The lowest BCUT2D eigenvalue weighted by atomic mass is 10.2. The zero-order chi connectivity index (χ0) is 14.0. The molecule has 0 saturated heterocycles. The maximum absolute atomic E-state index is 12.7. The van der Waals surface area contributed by atoms with E-state index in [-0.39, 0.29) is 5.89 Å². The summed E-state index contributed by atoms with van der Waals surface area (Å²) < 4.78 is 30.4. The first-order valence-corrected chi connectivity index (χ1v) is 6.42. The van der Waals surface area contributed by atoms with E-state index in [9.17, 15) is 13.6 Å². The van der Waals surface area contributed by atoms with Crippen LogP contribution in [0.15, 0.2) is 33.6 Å². The summed E-state index contributed by atoms with van der Waals surface area (Å²) >= 11 is 1.39. The number of aromatic carboxylic acids is 1. The summed E-state index contributed by atoms with van der Waals surface area (Å²) in [5, 5.41) is 8.83. The molecule has 2 aromatic rings. The van der Waals surface area contributed by atoms with Crippen LogP contribution >= 0.6 is 11.8 Å². The molecule has 0 aliphatic carbocycles. The molecule has 0 saturated carbocycles. The lowest BCUT2D eigenvalue weighted by molar-refractivity contribution is 0.0647. The molecular formula is C12H9F2NO3S.